The fourth-order valence-electron chi connectivity index (χ4n) is 3.97. The van der Waals surface area contributed by atoms with Gasteiger partial charge in [-0.3, -0.25) is 9.36 Å². The molecule has 2 heterocycles. The van der Waals surface area contributed by atoms with E-state index in [0.29, 0.717) is 39.4 Å². The molecule has 5 rings (SSSR count). The van der Waals surface area contributed by atoms with Crippen LogP contribution in [0.15, 0.2) is 96.1 Å². The number of nitrogens with zero attached hydrogens (tertiary/aromatic N) is 2. The van der Waals surface area contributed by atoms with E-state index in [4.69, 9.17) is 9.47 Å². The molecule has 0 amide bonds. The van der Waals surface area contributed by atoms with Gasteiger partial charge in [0.1, 0.15) is 21.2 Å². The minimum absolute atomic E-state index is 0.188. The Morgan fingerprint density at radius 2 is 1.61 bits per heavy atom. The maximum absolute atomic E-state index is 13.3. The summed E-state index contributed by atoms with van der Waals surface area (Å²) in [5.74, 6) is 1.00. The largest absolute Gasteiger partial charge is 0.461 e. The number of aromatic nitrogens is 2. The van der Waals surface area contributed by atoms with Gasteiger partial charge in [0, 0.05) is 6.42 Å². The van der Waals surface area contributed by atoms with Gasteiger partial charge in [0.25, 0.3) is 5.56 Å². The van der Waals surface area contributed by atoms with Gasteiger partial charge >= 0.3 is 5.97 Å². The van der Waals surface area contributed by atoms with Gasteiger partial charge in [0.2, 0.25) is 0 Å². The highest BCUT2D eigenvalue weighted by molar-refractivity contribution is 7.20. The van der Waals surface area contributed by atoms with Crippen LogP contribution in [0.3, 0.4) is 0 Å². The van der Waals surface area contributed by atoms with E-state index in [1.807, 2.05) is 84.9 Å². The van der Waals surface area contributed by atoms with E-state index in [0.717, 1.165) is 16.9 Å². The van der Waals surface area contributed by atoms with E-state index in [2.05, 4.69) is 4.98 Å². The quantitative estimate of drug-likeness (QED) is 0.246. The molecule has 0 saturated heterocycles. The number of hydrogen-bond donors (Lipinski definition) is 0. The number of esters is 1. The number of thiophene rings is 1. The summed E-state index contributed by atoms with van der Waals surface area (Å²) in [5, 5.41) is 0.453. The number of ether oxygens (including phenoxy) is 2. The highest BCUT2D eigenvalue weighted by atomic mass is 32.1. The summed E-state index contributed by atoms with van der Waals surface area (Å²) in [6, 6.07) is 27.0. The van der Waals surface area contributed by atoms with Crippen LogP contribution in [0.4, 0.5) is 0 Å². The topological polar surface area (TPSA) is 70.4 Å². The molecule has 3 aromatic carbocycles. The van der Waals surface area contributed by atoms with Crippen molar-refractivity contribution < 1.29 is 14.3 Å². The first-order valence-corrected chi connectivity index (χ1v) is 12.4. The smallest absolute Gasteiger partial charge is 0.348 e. The van der Waals surface area contributed by atoms with Gasteiger partial charge < -0.3 is 9.47 Å². The van der Waals surface area contributed by atoms with E-state index < -0.39 is 5.97 Å². The normalized spacial score (nSPS) is 10.9. The van der Waals surface area contributed by atoms with E-state index in [-0.39, 0.29) is 12.2 Å². The molecule has 0 saturated carbocycles. The second-order valence-corrected chi connectivity index (χ2v) is 9.35. The molecule has 0 aliphatic carbocycles. The number of carbonyl (C=O) groups is 1. The van der Waals surface area contributed by atoms with Crippen LogP contribution in [0, 0.1) is 6.92 Å². The van der Waals surface area contributed by atoms with Crippen molar-refractivity contribution in [2.45, 2.75) is 19.9 Å². The molecule has 7 heteroatoms. The second-order valence-electron chi connectivity index (χ2n) is 8.35. The van der Waals surface area contributed by atoms with Crippen LogP contribution < -0.4 is 10.3 Å². The van der Waals surface area contributed by atoms with Crippen LogP contribution >= 0.6 is 11.3 Å². The monoisotopic (exact) mass is 496 g/mol. The van der Waals surface area contributed by atoms with Crippen molar-refractivity contribution in [3.63, 3.8) is 0 Å². The predicted octanol–water partition coefficient (Wildman–Crippen LogP) is 6.01. The Kier molecular flexibility index (Phi) is 6.91. The molecule has 0 N–H and O–H groups in total. The third kappa shape index (κ3) is 5.21. The van der Waals surface area contributed by atoms with Crippen molar-refractivity contribution in [2.75, 3.05) is 6.61 Å². The van der Waals surface area contributed by atoms with Crippen molar-refractivity contribution in [3.8, 4) is 11.5 Å². The molecular formula is C29H24N2O4S. The molecule has 6 nitrogen and oxygen atoms in total. The Morgan fingerprint density at radius 3 is 2.39 bits per heavy atom. The van der Waals surface area contributed by atoms with Gasteiger partial charge in [-0.25, -0.2) is 9.78 Å². The van der Waals surface area contributed by atoms with Crippen molar-refractivity contribution in [1.29, 1.82) is 0 Å². The Morgan fingerprint density at radius 1 is 0.917 bits per heavy atom. The Balaban J connectivity index is 1.33. The van der Waals surface area contributed by atoms with Gasteiger partial charge in [-0.15, -0.1) is 11.3 Å². The summed E-state index contributed by atoms with van der Waals surface area (Å²) < 4.78 is 13.0. The van der Waals surface area contributed by atoms with E-state index in [9.17, 15) is 9.59 Å². The van der Waals surface area contributed by atoms with Crippen molar-refractivity contribution >= 4 is 27.5 Å². The van der Waals surface area contributed by atoms with E-state index >= 15 is 0 Å². The minimum Gasteiger partial charge on any atom is -0.461 e. The van der Waals surface area contributed by atoms with E-state index in [1.165, 1.54) is 17.7 Å². The Labute approximate surface area is 212 Å². The molecule has 36 heavy (non-hydrogen) atoms. The second kappa shape index (κ2) is 10.6. The number of hydrogen-bond acceptors (Lipinski definition) is 6. The summed E-state index contributed by atoms with van der Waals surface area (Å²) in [6.07, 6.45) is 2.16. The van der Waals surface area contributed by atoms with Crippen LogP contribution in [-0.2, 0) is 17.7 Å². The number of aryl methyl sites for hydroxylation is 1. The number of rotatable bonds is 8. The zero-order valence-electron chi connectivity index (χ0n) is 19.7. The van der Waals surface area contributed by atoms with Crippen LogP contribution in [0.2, 0.25) is 0 Å². The molecule has 0 fully saturated rings. The molecule has 0 radical (unpaired) electrons. The first kappa shape index (κ1) is 23.5. The molecule has 0 unspecified atom stereocenters. The highest BCUT2D eigenvalue weighted by Crippen LogP contribution is 2.28. The molecule has 5 aromatic rings. The zero-order valence-corrected chi connectivity index (χ0v) is 20.5. The molecule has 180 valence electrons. The van der Waals surface area contributed by atoms with Crippen molar-refractivity contribution in [1.82, 2.24) is 9.55 Å². The van der Waals surface area contributed by atoms with Gasteiger partial charge in [-0.2, -0.15) is 0 Å². The Hall–Kier alpha value is -4.23. The molecule has 0 spiro atoms. The average molecular weight is 497 g/mol. The first-order chi connectivity index (χ1) is 17.6. The lowest BCUT2D eigenvalue weighted by Crippen LogP contribution is -2.21. The summed E-state index contributed by atoms with van der Waals surface area (Å²) in [4.78, 5) is 31.5. The zero-order chi connectivity index (χ0) is 24.9. The van der Waals surface area contributed by atoms with Crippen molar-refractivity contribution in [3.05, 3.63) is 123 Å². The molecule has 0 aliphatic heterocycles. The van der Waals surface area contributed by atoms with Gasteiger partial charge in [-0.05, 0) is 47.9 Å². The maximum Gasteiger partial charge on any atom is 0.348 e. The summed E-state index contributed by atoms with van der Waals surface area (Å²) >= 11 is 1.19. The van der Waals surface area contributed by atoms with Gasteiger partial charge in [-0.1, -0.05) is 60.7 Å². The number of benzene rings is 3. The lowest BCUT2D eigenvalue weighted by atomic mass is 10.2. The minimum atomic E-state index is -0.428. The molecule has 0 bridgehead atoms. The summed E-state index contributed by atoms with van der Waals surface area (Å²) in [6.45, 7) is 2.38. The lowest BCUT2D eigenvalue weighted by molar-refractivity contribution is 0.0514. The van der Waals surface area contributed by atoms with E-state index in [1.54, 1.807) is 11.5 Å². The standard InChI is InChI=1S/C29H24N2O4S/c1-20-25-27(36-26(20)29(33)34-16-15-21-9-4-2-5-10-21)30-19-31(28(25)32)18-22-11-8-14-24(17-22)35-23-12-6-3-7-13-23/h2-14,17,19H,15-16,18H2,1H3. The van der Waals surface area contributed by atoms with Crippen LogP contribution in [0.5, 0.6) is 11.5 Å². The fourth-order valence-corrected chi connectivity index (χ4v) is 5.00. The molecule has 0 atom stereocenters. The molecule has 0 aliphatic rings. The predicted molar refractivity (Wildman–Crippen MR) is 141 cm³/mol. The van der Waals surface area contributed by atoms with Crippen LogP contribution in [0.1, 0.15) is 26.4 Å². The Bertz CT molecular complexity index is 1560. The fraction of sp³-hybridized carbons (Fsp3) is 0.138. The van der Waals surface area contributed by atoms with Crippen LogP contribution in [0.25, 0.3) is 10.2 Å². The number of para-hydroxylation sites is 1. The molecular weight excluding hydrogens is 472 g/mol. The molecule has 2 aromatic heterocycles. The lowest BCUT2D eigenvalue weighted by Gasteiger charge is -2.09. The summed E-state index contributed by atoms with van der Waals surface area (Å²) in [5.41, 5.74) is 2.42. The third-order valence-electron chi connectivity index (χ3n) is 5.80. The number of carbonyl (C=O) groups excluding carboxylic acids is 1. The third-order valence-corrected chi connectivity index (χ3v) is 6.98. The maximum atomic E-state index is 13.3. The van der Waals surface area contributed by atoms with Crippen LogP contribution in [-0.4, -0.2) is 22.1 Å². The highest BCUT2D eigenvalue weighted by Gasteiger charge is 2.20. The average Bonchev–Trinajstić information content (AvgIpc) is 3.24. The SMILES string of the molecule is Cc1c(C(=O)OCCc2ccccc2)sc2ncn(Cc3cccc(Oc4ccccc4)c3)c(=O)c12. The van der Waals surface area contributed by atoms with Gasteiger partial charge in [0.05, 0.1) is 24.9 Å². The first-order valence-electron chi connectivity index (χ1n) is 11.6. The summed E-state index contributed by atoms with van der Waals surface area (Å²) in [7, 11) is 0. The number of fused-ring (bicyclic) bond motifs is 1. The van der Waals surface area contributed by atoms with Gasteiger partial charge in [0.15, 0.2) is 0 Å². The van der Waals surface area contributed by atoms with Crippen molar-refractivity contribution in [2.24, 2.45) is 0 Å².